The predicted octanol–water partition coefficient (Wildman–Crippen LogP) is 2.21. The van der Waals surface area contributed by atoms with Crippen molar-refractivity contribution in [1.82, 2.24) is 9.61 Å². The second kappa shape index (κ2) is 2.63. The molecule has 2 heteroatoms. The van der Waals surface area contributed by atoms with Gasteiger partial charge in [0.05, 0.1) is 11.2 Å². The SMILES string of the molecule is CCc1c(C)nn2ccccc12. The fraction of sp³-hybridized carbons (Fsp3) is 0.300. The van der Waals surface area contributed by atoms with Crippen molar-refractivity contribution in [2.45, 2.75) is 20.3 Å². The van der Waals surface area contributed by atoms with Crippen molar-refractivity contribution in [1.29, 1.82) is 0 Å². The second-order valence-corrected chi connectivity index (χ2v) is 2.95. The van der Waals surface area contributed by atoms with Crippen molar-refractivity contribution in [3.05, 3.63) is 35.7 Å². The van der Waals surface area contributed by atoms with Crippen LogP contribution in [-0.4, -0.2) is 9.61 Å². The zero-order valence-electron chi connectivity index (χ0n) is 7.41. The van der Waals surface area contributed by atoms with E-state index in [2.05, 4.69) is 31.1 Å². The summed E-state index contributed by atoms with van der Waals surface area (Å²) in [7, 11) is 0. The minimum absolute atomic E-state index is 1.05. The predicted molar refractivity (Wildman–Crippen MR) is 49.3 cm³/mol. The molecule has 0 fully saturated rings. The molecule has 0 aliphatic rings. The van der Waals surface area contributed by atoms with E-state index < -0.39 is 0 Å². The summed E-state index contributed by atoms with van der Waals surface area (Å²) in [6.45, 7) is 4.23. The van der Waals surface area contributed by atoms with Gasteiger partial charge in [-0.05, 0) is 25.5 Å². The van der Waals surface area contributed by atoms with E-state index >= 15 is 0 Å². The van der Waals surface area contributed by atoms with Crippen molar-refractivity contribution >= 4 is 5.52 Å². The second-order valence-electron chi connectivity index (χ2n) is 2.95. The zero-order chi connectivity index (χ0) is 8.55. The molecule has 0 spiro atoms. The number of nitrogens with zero attached hydrogens (tertiary/aromatic N) is 2. The molecule has 2 aromatic heterocycles. The van der Waals surface area contributed by atoms with Crippen LogP contribution in [0.25, 0.3) is 5.52 Å². The van der Waals surface area contributed by atoms with E-state index in [1.807, 2.05) is 16.8 Å². The van der Waals surface area contributed by atoms with Gasteiger partial charge in [-0.1, -0.05) is 13.0 Å². The molecule has 0 atom stereocenters. The van der Waals surface area contributed by atoms with Crippen LogP contribution in [0.2, 0.25) is 0 Å². The van der Waals surface area contributed by atoms with Crippen LogP contribution in [0.1, 0.15) is 18.2 Å². The van der Waals surface area contributed by atoms with Crippen LogP contribution in [0.4, 0.5) is 0 Å². The van der Waals surface area contributed by atoms with E-state index in [1.54, 1.807) is 0 Å². The lowest BCUT2D eigenvalue weighted by Gasteiger charge is -1.93. The number of rotatable bonds is 1. The average Bonchev–Trinajstić information content (AvgIpc) is 2.40. The molecule has 0 amide bonds. The van der Waals surface area contributed by atoms with Crippen LogP contribution in [0.5, 0.6) is 0 Å². The summed E-state index contributed by atoms with van der Waals surface area (Å²) in [5, 5.41) is 4.40. The summed E-state index contributed by atoms with van der Waals surface area (Å²) in [5.74, 6) is 0. The first kappa shape index (κ1) is 7.35. The van der Waals surface area contributed by atoms with E-state index in [4.69, 9.17) is 0 Å². The highest BCUT2D eigenvalue weighted by molar-refractivity contribution is 5.55. The molecule has 2 rings (SSSR count). The largest absolute Gasteiger partial charge is 0.240 e. The Hall–Kier alpha value is -1.31. The Bertz CT molecular complexity index is 401. The molecule has 2 heterocycles. The standard InChI is InChI=1S/C10H12N2/c1-3-9-8(2)11-12-7-5-4-6-10(9)12/h4-7H,3H2,1-2H3. The minimum Gasteiger partial charge on any atom is -0.240 e. The van der Waals surface area contributed by atoms with Gasteiger partial charge < -0.3 is 0 Å². The molecule has 0 unspecified atom stereocenters. The first-order chi connectivity index (χ1) is 5.83. The highest BCUT2D eigenvalue weighted by Gasteiger charge is 2.04. The smallest absolute Gasteiger partial charge is 0.0696 e. The fourth-order valence-electron chi connectivity index (χ4n) is 1.60. The van der Waals surface area contributed by atoms with E-state index in [-0.39, 0.29) is 0 Å². The first-order valence-electron chi connectivity index (χ1n) is 4.25. The summed E-state index contributed by atoms with van der Waals surface area (Å²) < 4.78 is 1.94. The van der Waals surface area contributed by atoms with Crippen LogP contribution in [0, 0.1) is 6.92 Å². The zero-order valence-corrected chi connectivity index (χ0v) is 7.41. The highest BCUT2D eigenvalue weighted by atomic mass is 15.2. The number of pyridine rings is 1. The minimum atomic E-state index is 1.05. The quantitative estimate of drug-likeness (QED) is 0.625. The first-order valence-corrected chi connectivity index (χ1v) is 4.25. The topological polar surface area (TPSA) is 17.3 Å². The van der Waals surface area contributed by atoms with Crippen LogP contribution in [-0.2, 0) is 6.42 Å². The Morgan fingerprint density at radius 3 is 3.00 bits per heavy atom. The maximum Gasteiger partial charge on any atom is 0.0696 e. The molecule has 2 aromatic rings. The number of hydrogen-bond acceptors (Lipinski definition) is 1. The van der Waals surface area contributed by atoms with Crippen LogP contribution < -0.4 is 0 Å². The van der Waals surface area contributed by atoms with Gasteiger partial charge in [0.25, 0.3) is 0 Å². The van der Waals surface area contributed by atoms with Gasteiger partial charge in [0, 0.05) is 11.8 Å². The van der Waals surface area contributed by atoms with Crippen molar-refractivity contribution < 1.29 is 0 Å². The number of hydrogen-bond donors (Lipinski definition) is 0. The van der Waals surface area contributed by atoms with Gasteiger partial charge in [-0.25, -0.2) is 4.52 Å². The van der Waals surface area contributed by atoms with Gasteiger partial charge in [-0.2, -0.15) is 5.10 Å². The molecule has 62 valence electrons. The fourth-order valence-corrected chi connectivity index (χ4v) is 1.60. The molecule has 2 nitrogen and oxygen atoms in total. The van der Waals surface area contributed by atoms with Gasteiger partial charge in [0.2, 0.25) is 0 Å². The Kier molecular flexibility index (Phi) is 1.61. The normalized spacial score (nSPS) is 10.8. The number of aryl methyl sites for hydroxylation is 2. The van der Waals surface area contributed by atoms with E-state index in [1.165, 1.54) is 11.1 Å². The maximum atomic E-state index is 4.40. The van der Waals surface area contributed by atoms with Gasteiger partial charge in [0.15, 0.2) is 0 Å². The van der Waals surface area contributed by atoms with Gasteiger partial charge >= 0.3 is 0 Å². The number of fused-ring (bicyclic) bond motifs is 1. The van der Waals surface area contributed by atoms with Crippen molar-refractivity contribution in [2.75, 3.05) is 0 Å². The highest BCUT2D eigenvalue weighted by Crippen LogP contribution is 2.14. The third kappa shape index (κ3) is 0.916. The lowest BCUT2D eigenvalue weighted by molar-refractivity contribution is 0.932. The molecule has 0 saturated heterocycles. The van der Waals surface area contributed by atoms with Gasteiger partial charge in [0.1, 0.15) is 0 Å². The van der Waals surface area contributed by atoms with E-state index in [0.717, 1.165) is 12.1 Å². The Morgan fingerprint density at radius 2 is 2.25 bits per heavy atom. The molecular weight excluding hydrogens is 148 g/mol. The van der Waals surface area contributed by atoms with E-state index in [9.17, 15) is 0 Å². The Morgan fingerprint density at radius 1 is 1.42 bits per heavy atom. The van der Waals surface area contributed by atoms with Crippen LogP contribution in [0.15, 0.2) is 24.4 Å². The molecule has 0 saturated carbocycles. The summed E-state index contributed by atoms with van der Waals surface area (Å²) in [6, 6.07) is 6.16. The summed E-state index contributed by atoms with van der Waals surface area (Å²) in [4.78, 5) is 0. The van der Waals surface area contributed by atoms with Gasteiger partial charge in [-0.3, -0.25) is 0 Å². The van der Waals surface area contributed by atoms with Crippen molar-refractivity contribution in [3.8, 4) is 0 Å². The lowest BCUT2D eigenvalue weighted by Crippen LogP contribution is -1.83. The molecular formula is C10H12N2. The molecule has 0 bridgehead atoms. The summed E-state index contributed by atoms with van der Waals surface area (Å²) >= 11 is 0. The molecule has 0 aromatic carbocycles. The van der Waals surface area contributed by atoms with E-state index in [0.29, 0.717) is 0 Å². The monoisotopic (exact) mass is 160 g/mol. The maximum absolute atomic E-state index is 4.40. The average molecular weight is 160 g/mol. The molecule has 12 heavy (non-hydrogen) atoms. The lowest BCUT2D eigenvalue weighted by atomic mass is 10.1. The summed E-state index contributed by atoms with van der Waals surface area (Å²) in [6.07, 6.45) is 3.04. The van der Waals surface area contributed by atoms with Crippen molar-refractivity contribution in [3.63, 3.8) is 0 Å². The van der Waals surface area contributed by atoms with Gasteiger partial charge in [-0.15, -0.1) is 0 Å². The molecule has 0 aliphatic heterocycles. The molecule has 0 N–H and O–H groups in total. The molecule has 0 radical (unpaired) electrons. The Labute approximate surface area is 71.8 Å². The third-order valence-electron chi connectivity index (χ3n) is 2.20. The molecule has 0 aliphatic carbocycles. The van der Waals surface area contributed by atoms with Crippen molar-refractivity contribution in [2.24, 2.45) is 0 Å². The third-order valence-corrected chi connectivity index (χ3v) is 2.20. The Balaban J connectivity index is 2.81. The summed E-state index contributed by atoms with van der Waals surface area (Å²) in [5.41, 5.74) is 3.73. The van der Waals surface area contributed by atoms with Crippen LogP contribution in [0.3, 0.4) is 0 Å². The number of aromatic nitrogens is 2. The van der Waals surface area contributed by atoms with Crippen LogP contribution >= 0.6 is 0 Å².